The van der Waals surface area contributed by atoms with E-state index in [1.807, 2.05) is 30.3 Å². The second kappa shape index (κ2) is 5.22. The zero-order valence-electron chi connectivity index (χ0n) is 8.74. The lowest BCUT2D eigenvalue weighted by atomic mass is 10.3. The Morgan fingerprint density at radius 1 is 1.24 bits per heavy atom. The Bertz CT molecular complexity index is 537. The summed E-state index contributed by atoms with van der Waals surface area (Å²) < 4.78 is 0. The average molecular weight is 247 g/mol. The maximum Gasteiger partial charge on any atom is 0.324 e. The first-order valence-electron chi connectivity index (χ1n) is 4.84. The molecule has 86 valence electrons. The fourth-order valence-corrected chi connectivity index (χ4v) is 1.89. The molecule has 0 saturated heterocycles. The van der Waals surface area contributed by atoms with Gasteiger partial charge in [0.15, 0.2) is 0 Å². The van der Waals surface area contributed by atoms with Crippen molar-refractivity contribution in [3.8, 4) is 0 Å². The summed E-state index contributed by atoms with van der Waals surface area (Å²) in [5.74, 6) is 0. The van der Waals surface area contributed by atoms with Crippen molar-refractivity contribution in [2.24, 2.45) is 5.10 Å². The summed E-state index contributed by atoms with van der Waals surface area (Å²) in [6, 6.07) is 12.6. The standard InChI is InChI=1S/C11H9N3O2S/c15-14(16)11-7-6-10(17-11)8-12-13-9-4-2-1-3-5-9/h1-8,13H/b12-8+. The molecule has 0 bridgehead atoms. The number of nitrogens with zero attached hydrogens (tertiary/aromatic N) is 2. The van der Waals surface area contributed by atoms with Crippen LogP contribution in [-0.2, 0) is 0 Å². The van der Waals surface area contributed by atoms with Crippen LogP contribution in [0, 0.1) is 10.1 Å². The largest absolute Gasteiger partial charge is 0.324 e. The van der Waals surface area contributed by atoms with Gasteiger partial charge in [0.25, 0.3) is 0 Å². The molecule has 0 amide bonds. The summed E-state index contributed by atoms with van der Waals surface area (Å²) in [4.78, 5) is 10.8. The summed E-state index contributed by atoms with van der Waals surface area (Å²) in [7, 11) is 0. The average Bonchev–Trinajstić information content (AvgIpc) is 2.79. The Balaban J connectivity index is 1.98. The molecule has 0 spiro atoms. The quantitative estimate of drug-likeness (QED) is 0.512. The molecule has 0 atom stereocenters. The third-order valence-corrected chi connectivity index (χ3v) is 2.92. The van der Waals surface area contributed by atoms with E-state index in [1.165, 1.54) is 6.07 Å². The molecule has 0 aliphatic rings. The lowest BCUT2D eigenvalue weighted by Crippen LogP contribution is -1.88. The fraction of sp³-hybridized carbons (Fsp3) is 0. The molecule has 0 unspecified atom stereocenters. The summed E-state index contributed by atoms with van der Waals surface area (Å²) in [6.45, 7) is 0. The number of hydrogen-bond donors (Lipinski definition) is 1. The minimum absolute atomic E-state index is 0.117. The van der Waals surface area contributed by atoms with Gasteiger partial charge in [0, 0.05) is 6.07 Å². The highest BCUT2D eigenvalue weighted by Crippen LogP contribution is 2.22. The van der Waals surface area contributed by atoms with E-state index in [1.54, 1.807) is 12.3 Å². The molecule has 5 nitrogen and oxygen atoms in total. The molecular weight excluding hydrogens is 238 g/mol. The van der Waals surface area contributed by atoms with Crippen molar-refractivity contribution in [3.63, 3.8) is 0 Å². The van der Waals surface area contributed by atoms with Crippen LogP contribution < -0.4 is 5.43 Å². The number of nitrogens with one attached hydrogen (secondary N) is 1. The number of anilines is 1. The zero-order chi connectivity index (χ0) is 12.1. The van der Waals surface area contributed by atoms with Crippen LogP contribution in [0.3, 0.4) is 0 Å². The molecule has 1 aromatic carbocycles. The van der Waals surface area contributed by atoms with Gasteiger partial charge in [0.1, 0.15) is 0 Å². The smallest absolute Gasteiger partial charge is 0.278 e. The Morgan fingerprint density at radius 2 is 2.00 bits per heavy atom. The van der Waals surface area contributed by atoms with Gasteiger partial charge < -0.3 is 0 Å². The van der Waals surface area contributed by atoms with E-state index in [2.05, 4.69) is 10.5 Å². The highest BCUT2D eigenvalue weighted by Gasteiger charge is 2.07. The van der Waals surface area contributed by atoms with Crippen molar-refractivity contribution in [3.05, 3.63) is 57.5 Å². The highest BCUT2D eigenvalue weighted by atomic mass is 32.1. The van der Waals surface area contributed by atoms with Gasteiger partial charge in [-0.15, -0.1) is 0 Å². The Hall–Kier alpha value is -2.21. The van der Waals surface area contributed by atoms with E-state index in [0.29, 0.717) is 0 Å². The molecule has 0 saturated carbocycles. The van der Waals surface area contributed by atoms with Gasteiger partial charge in [0.2, 0.25) is 0 Å². The minimum Gasteiger partial charge on any atom is -0.278 e. The van der Waals surface area contributed by atoms with Gasteiger partial charge in [-0.05, 0) is 18.2 Å². The maximum absolute atomic E-state index is 10.5. The fourth-order valence-electron chi connectivity index (χ4n) is 1.19. The summed E-state index contributed by atoms with van der Waals surface area (Å²) in [5, 5.41) is 14.6. The lowest BCUT2D eigenvalue weighted by molar-refractivity contribution is -0.380. The third-order valence-electron chi connectivity index (χ3n) is 1.95. The van der Waals surface area contributed by atoms with E-state index in [4.69, 9.17) is 0 Å². The van der Waals surface area contributed by atoms with Crippen LogP contribution in [0.4, 0.5) is 10.7 Å². The molecular formula is C11H9N3O2S. The predicted molar refractivity (Wildman–Crippen MR) is 68.6 cm³/mol. The number of hydrogen-bond acceptors (Lipinski definition) is 5. The first kappa shape index (κ1) is 11.3. The second-order valence-electron chi connectivity index (χ2n) is 3.17. The van der Waals surface area contributed by atoms with Crippen molar-refractivity contribution in [1.29, 1.82) is 0 Å². The van der Waals surface area contributed by atoms with Crippen molar-refractivity contribution < 1.29 is 4.92 Å². The number of nitro groups is 1. The van der Waals surface area contributed by atoms with Gasteiger partial charge in [-0.2, -0.15) is 5.10 Å². The van der Waals surface area contributed by atoms with Gasteiger partial charge in [0.05, 0.1) is 21.7 Å². The predicted octanol–water partition coefficient (Wildman–Crippen LogP) is 3.10. The second-order valence-corrected chi connectivity index (χ2v) is 4.26. The van der Waals surface area contributed by atoms with Gasteiger partial charge in [-0.1, -0.05) is 29.5 Å². The van der Waals surface area contributed by atoms with Gasteiger partial charge in [-0.25, -0.2) is 0 Å². The molecule has 1 N–H and O–H groups in total. The first-order chi connectivity index (χ1) is 8.25. The van der Waals surface area contributed by atoms with Gasteiger partial charge >= 0.3 is 5.00 Å². The Morgan fingerprint density at radius 3 is 2.65 bits per heavy atom. The van der Waals surface area contributed by atoms with Crippen LogP contribution in [0.2, 0.25) is 0 Å². The highest BCUT2D eigenvalue weighted by molar-refractivity contribution is 7.16. The molecule has 0 aliphatic carbocycles. The Labute approximate surface area is 102 Å². The molecule has 17 heavy (non-hydrogen) atoms. The summed E-state index contributed by atoms with van der Waals surface area (Å²) in [5.41, 5.74) is 3.71. The maximum atomic E-state index is 10.5. The molecule has 2 rings (SSSR count). The molecule has 0 fully saturated rings. The number of hydrazone groups is 1. The molecule has 2 aromatic rings. The number of benzene rings is 1. The van der Waals surface area contributed by atoms with E-state index >= 15 is 0 Å². The molecule has 1 aromatic heterocycles. The van der Waals surface area contributed by atoms with E-state index < -0.39 is 4.92 Å². The normalized spacial score (nSPS) is 10.6. The molecule has 6 heteroatoms. The lowest BCUT2D eigenvalue weighted by Gasteiger charge is -1.96. The van der Waals surface area contributed by atoms with Crippen LogP contribution in [0.25, 0.3) is 0 Å². The number of para-hydroxylation sites is 1. The number of thiophene rings is 1. The first-order valence-corrected chi connectivity index (χ1v) is 5.66. The van der Waals surface area contributed by atoms with Crippen molar-refractivity contribution in [2.45, 2.75) is 0 Å². The van der Waals surface area contributed by atoms with E-state index in [9.17, 15) is 10.1 Å². The van der Waals surface area contributed by atoms with Crippen molar-refractivity contribution >= 4 is 28.2 Å². The summed E-state index contributed by atoms with van der Waals surface area (Å²) >= 11 is 1.09. The van der Waals surface area contributed by atoms with Crippen molar-refractivity contribution in [1.82, 2.24) is 0 Å². The monoisotopic (exact) mass is 247 g/mol. The SMILES string of the molecule is O=[N+]([O-])c1ccc(/C=N/Nc2ccccc2)s1. The van der Waals surface area contributed by atoms with Crippen LogP contribution in [-0.4, -0.2) is 11.1 Å². The third kappa shape index (κ3) is 3.12. The summed E-state index contributed by atoms with van der Waals surface area (Å²) in [6.07, 6.45) is 1.56. The van der Waals surface area contributed by atoms with Gasteiger partial charge in [-0.3, -0.25) is 15.5 Å². The number of rotatable bonds is 4. The topological polar surface area (TPSA) is 67.5 Å². The van der Waals surface area contributed by atoms with Crippen LogP contribution >= 0.6 is 11.3 Å². The van der Waals surface area contributed by atoms with E-state index in [0.717, 1.165) is 21.9 Å². The molecule has 0 aliphatic heterocycles. The minimum atomic E-state index is -0.410. The van der Waals surface area contributed by atoms with Crippen LogP contribution in [0.5, 0.6) is 0 Å². The zero-order valence-corrected chi connectivity index (χ0v) is 9.55. The Kier molecular flexibility index (Phi) is 3.46. The van der Waals surface area contributed by atoms with Crippen LogP contribution in [0.1, 0.15) is 4.88 Å². The van der Waals surface area contributed by atoms with Crippen LogP contribution in [0.15, 0.2) is 47.6 Å². The molecule has 1 heterocycles. The molecule has 0 radical (unpaired) electrons. The van der Waals surface area contributed by atoms with E-state index in [-0.39, 0.29) is 5.00 Å². The van der Waals surface area contributed by atoms with Crippen molar-refractivity contribution in [2.75, 3.05) is 5.43 Å².